The van der Waals surface area contributed by atoms with Gasteiger partial charge >= 0.3 is 0 Å². The maximum absolute atomic E-state index is 12.5. The molecule has 0 spiro atoms. The smallest absolute Gasteiger partial charge is 0.250 e. The first-order valence-corrected chi connectivity index (χ1v) is 10.5. The maximum Gasteiger partial charge on any atom is 0.250 e. The highest BCUT2D eigenvalue weighted by atomic mass is 32.2. The zero-order valence-corrected chi connectivity index (χ0v) is 17.3. The molecule has 8 nitrogen and oxygen atoms in total. The monoisotopic (exact) mass is 428 g/mol. The van der Waals surface area contributed by atoms with Crippen LogP contribution < -0.4 is 26.4 Å². The van der Waals surface area contributed by atoms with E-state index in [0.717, 1.165) is 11.3 Å². The number of carbonyl (C=O) groups is 3. The molecule has 158 valence electrons. The molecule has 0 saturated carbocycles. The molecule has 1 aliphatic heterocycles. The molecule has 1 heterocycles. The lowest BCUT2D eigenvalue weighted by Crippen LogP contribution is -2.55. The number of primary amides is 1. The van der Waals surface area contributed by atoms with E-state index in [9.17, 15) is 14.4 Å². The van der Waals surface area contributed by atoms with Gasteiger partial charge in [-0.3, -0.25) is 19.7 Å². The Kier molecular flexibility index (Phi) is 7.31. The molecule has 1 saturated heterocycles. The van der Waals surface area contributed by atoms with Crippen LogP contribution in [0.1, 0.15) is 28.8 Å². The van der Waals surface area contributed by atoms with E-state index in [1.54, 1.807) is 31.4 Å². The van der Waals surface area contributed by atoms with Crippen molar-refractivity contribution in [2.24, 2.45) is 5.73 Å². The van der Waals surface area contributed by atoms with Gasteiger partial charge < -0.3 is 21.1 Å². The molecule has 2 atom stereocenters. The Balaban J connectivity index is 1.55. The fourth-order valence-corrected chi connectivity index (χ4v) is 4.18. The average Bonchev–Trinajstić information content (AvgIpc) is 2.72. The number of para-hydroxylation sites is 1. The van der Waals surface area contributed by atoms with Gasteiger partial charge in [-0.2, -0.15) is 0 Å². The van der Waals surface area contributed by atoms with Crippen LogP contribution in [0.3, 0.4) is 0 Å². The van der Waals surface area contributed by atoms with Gasteiger partial charge in [0.1, 0.15) is 11.2 Å². The molecule has 0 bridgehead atoms. The van der Waals surface area contributed by atoms with Crippen molar-refractivity contribution in [3.8, 4) is 5.75 Å². The van der Waals surface area contributed by atoms with Gasteiger partial charge in [0.15, 0.2) is 0 Å². The van der Waals surface area contributed by atoms with Gasteiger partial charge in [0.2, 0.25) is 11.8 Å². The number of hydrogen-bond acceptors (Lipinski definition) is 6. The number of rotatable bonds is 8. The van der Waals surface area contributed by atoms with Gasteiger partial charge in [-0.25, -0.2) is 0 Å². The summed E-state index contributed by atoms with van der Waals surface area (Å²) in [5.74, 6) is 0.411. The molecule has 0 aliphatic carbocycles. The summed E-state index contributed by atoms with van der Waals surface area (Å²) < 4.78 is 5.23. The largest absolute Gasteiger partial charge is 0.497 e. The van der Waals surface area contributed by atoms with E-state index in [1.807, 2.05) is 24.3 Å². The first kappa shape index (κ1) is 21.7. The number of thioether (sulfide) groups is 1. The minimum absolute atomic E-state index is 0.0940. The van der Waals surface area contributed by atoms with E-state index in [-0.39, 0.29) is 41.8 Å². The molecular formula is C21H24N4O4S. The fraction of sp³-hybridized carbons (Fsp3) is 0.286. The van der Waals surface area contributed by atoms with Crippen LogP contribution in [-0.4, -0.2) is 36.4 Å². The molecule has 9 heteroatoms. The van der Waals surface area contributed by atoms with E-state index >= 15 is 0 Å². The average molecular weight is 429 g/mol. The lowest BCUT2D eigenvalue weighted by Gasteiger charge is -2.31. The van der Waals surface area contributed by atoms with Crippen molar-refractivity contribution in [3.63, 3.8) is 0 Å². The molecule has 3 rings (SSSR count). The van der Waals surface area contributed by atoms with Gasteiger partial charge in [0.25, 0.3) is 5.91 Å². The second kappa shape index (κ2) is 10.1. The van der Waals surface area contributed by atoms with Crippen LogP contribution >= 0.6 is 11.8 Å². The Morgan fingerprint density at radius 1 is 1.23 bits per heavy atom. The molecule has 3 amide bonds. The highest BCUT2D eigenvalue weighted by Gasteiger charge is 2.28. The van der Waals surface area contributed by atoms with Crippen molar-refractivity contribution in [2.45, 2.75) is 30.1 Å². The Hall–Kier alpha value is -3.04. The van der Waals surface area contributed by atoms with E-state index in [4.69, 9.17) is 10.5 Å². The quantitative estimate of drug-likeness (QED) is 0.509. The predicted molar refractivity (Wildman–Crippen MR) is 116 cm³/mol. The highest BCUT2D eigenvalue weighted by Crippen LogP contribution is 2.22. The molecule has 30 heavy (non-hydrogen) atoms. The SMILES string of the molecule is COc1cccc(CSC2NC(=O)CC(CC(=O)Nc3ccccc3C(N)=O)N2)c1. The molecule has 0 radical (unpaired) electrons. The maximum atomic E-state index is 12.5. The minimum Gasteiger partial charge on any atom is -0.497 e. The van der Waals surface area contributed by atoms with Crippen molar-refractivity contribution in [2.75, 3.05) is 12.4 Å². The van der Waals surface area contributed by atoms with E-state index < -0.39 is 5.91 Å². The molecule has 2 aromatic carbocycles. The van der Waals surface area contributed by atoms with Crippen LogP contribution in [0.5, 0.6) is 5.75 Å². The Labute approximate surface area is 178 Å². The van der Waals surface area contributed by atoms with E-state index in [0.29, 0.717) is 11.4 Å². The van der Waals surface area contributed by atoms with Crippen LogP contribution in [0.4, 0.5) is 5.69 Å². The summed E-state index contributed by atoms with van der Waals surface area (Å²) in [6, 6.07) is 14.0. The topological polar surface area (TPSA) is 123 Å². The normalized spacial score (nSPS) is 18.4. The molecular weight excluding hydrogens is 404 g/mol. The van der Waals surface area contributed by atoms with Crippen molar-refractivity contribution in [3.05, 3.63) is 59.7 Å². The number of carbonyl (C=O) groups excluding carboxylic acids is 3. The van der Waals surface area contributed by atoms with Gasteiger partial charge in [0.05, 0.1) is 18.4 Å². The fourth-order valence-electron chi connectivity index (χ4n) is 3.14. The van der Waals surface area contributed by atoms with Gasteiger partial charge in [0, 0.05) is 24.6 Å². The molecule has 2 unspecified atom stereocenters. The molecule has 5 N–H and O–H groups in total. The lowest BCUT2D eigenvalue weighted by molar-refractivity contribution is -0.124. The number of nitrogens with two attached hydrogens (primary N) is 1. The van der Waals surface area contributed by atoms with Crippen LogP contribution in [0.2, 0.25) is 0 Å². The van der Waals surface area contributed by atoms with Crippen LogP contribution in [0.15, 0.2) is 48.5 Å². The first-order valence-electron chi connectivity index (χ1n) is 9.43. The molecule has 1 fully saturated rings. The van der Waals surface area contributed by atoms with Crippen LogP contribution in [0, 0.1) is 0 Å². The second-order valence-corrected chi connectivity index (χ2v) is 7.93. The summed E-state index contributed by atoms with van der Waals surface area (Å²) in [4.78, 5) is 36.1. The standard InChI is InChI=1S/C21H24N4O4S/c1-29-15-6-4-5-13(9-15)12-30-21-23-14(11-19(27)25-21)10-18(26)24-17-8-3-2-7-16(17)20(22)28/h2-9,14,21,23H,10-12H2,1H3,(H2,22,28)(H,24,26)(H,25,27). The summed E-state index contributed by atoms with van der Waals surface area (Å²) in [6.45, 7) is 0. The van der Waals surface area contributed by atoms with Crippen molar-refractivity contribution in [1.82, 2.24) is 10.6 Å². The Bertz CT molecular complexity index is 937. The van der Waals surface area contributed by atoms with E-state index in [2.05, 4.69) is 16.0 Å². The zero-order chi connectivity index (χ0) is 21.5. The van der Waals surface area contributed by atoms with Crippen LogP contribution in [-0.2, 0) is 15.3 Å². The van der Waals surface area contributed by atoms with Gasteiger partial charge in [-0.05, 0) is 29.8 Å². The predicted octanol–water partition coefficient (Wildman–Crippen LogP) is 1.82. The highest BCUT2D eigenvalue weighted by molar-refractivity contribution is 7.99. The lowest BCUT2D eigenvalue weighted by atomic mass is 10.1. The summed E-state index contributed by atoms with van der Waals surface area (Å²) in [7, 11) is 1.62. The number of nitrogens with one attached hydrogen (secondary N) is 3. The molecule has 1 aliphatic rings. The molecule has 0 aromatic heterocycles. The number of ether oxygens (including phenoxy) is 1. The van der Waals surface area contributed by atoms with E-state index in [1.165, 1.54) is 11.8 Å². The summed E-state index contributed by atoms with van der Waals surface area (Å²) >= 11 is 1.52. The zero-order valence-electron chi connectivity index (χ0n) is 16.5. The van der Waals surface area contributed by atoms with Crippen molar-refractivity contribution >= 4 is 35.2 Å². The number of benzene rings is 2. The summed E-state index contributed by atoms with van der Waals surface area (Å²) in [5.41, 5.74) is 6.70. The molecule has 2 aromatic rings. The van der Waals surface area contributed by atoms with Crippen molar-refractivity contribution in [1.29, 1.82) is 0 Å². The number of amides is 3. The Morgan fingerprint density at radius 2 is 2.03 bits per heavy atom. The second-order valence-electron chi connectivity index (χ2n) is 6.84. The van der Waals surface area contributed by atoms with Gasteiger partial charge in [-0.1, -0.05) is 24.3 Å². The number of anilines is 1. The minimum atomic E-state index is -0.616. The third-order valence-electron chi connectivity index (χ3n) is 4.56. The van der Waals surface area contributed by atoms with Crippen molar-refractivity contribution < 1.29 is 19.1 Å². The van der Waals surface area contributed by atoms with Crippen LogP contribution in [0.25, 0.3) is 0 Å². The van der Waals surface area contributed by atoms with Gasteiger partial charge in [-0.15, -0.1) is 11.8 Å². The Morgan fingerprint density at radius 3 is 2.80 bits per heavy atom. The summed E-state index contributed by atoms with van der Waals surface area (Å²) in [6.07, 6.45) is 0.290. The third kappa shape index (κ3) is 5.98. The third-order valence-corrected chi connectivity index (χ3v) is 5.65. The number of methoxy groups -OCH3 is 1. The summed E-state index contributed by atoms with van der Waals surface area (Å²) in [5, 5.41) is 8.87. The first-order chi connectivity index (χ1) is 14.4. The number of hydrogen-bond donors (Lipinski definition) is 4.